The number of rotatable bonds is 8. The molecule has 0 bridgehead atoms. The van der Waals surface area contributed by atoms with Crippen LogP contribution in [0.3, 0.4) is 0 Å². The van der Waals surface area contributed by atoms with Crippen LogP contribution in [0.2, 0.25) is 0 Å². The Morgan fingerprint density at radius 3 is 2.03 bits per heavy atom. The van der Waals surface area contributed by atoms with Crippen molar-refractivity contribution in [1.82, 2.24) is 4.98 Å². The number of aliphatic hydroxyl groups is 1. The maximum atomic E-state index is 11.6. The maximum Gasteiger partial charge on any atom is 0.152 e. The molecule has 0 spiro atoms. The molecule has 4 aromatic rings. The minimum absolute atomic E-state index is 0.199. The average Bonchev–Trinajstić information content (AvgIpc) is 2.95. The molecule has 184 valence electrons. The lowest BCUT2D eigenvalue weighted by Crippen LogP contribution is -2.51. The van der Waals surface area contributed by atoms with Crippen LogP contribution in [0.15, 0.2) is 97.2 Å². The van der Waals surface area contributed by atoms with Gasteiger partial charge in [-0.05, 0) is 53.1 Å². The molecule has 1 aliphatic heterocycles. The van der Waals surface area contributed by atoms with Crippen LogP contribution < -0.4 is 19.3 Å². The number of fused-ring (bicyclic) bond motifs is 1. The van der Waals surface area contributed by atoms with E-state index in [0.717, 1.165) is 34.1 Å². The van der Waals surface area contributed by atoms with Crippen LogP contribution in [0.5, 0.6) is 11.5 Å². The number of ether oxygens (including phenoxy) is 2. The first-order valence-electron chi connectivity index (χ1n) is 12.1. The van der Waals surface area contributed by atoms with E-state index in [1.807, 2.05) is 66.9 Å². The van der Waals surface area contributed by atoms with Crippen LogP contribution in [0.1, 0.15) is 22.8 Å². The molecular weight excluding hydrogens is 450 g/mol. The number of anilines is 2. The second kappa shape index (κ2) is 10.7. The summed E-state index contributed by atoms with van der Waals surface area (Å²) < 4.78 is 10.7. The smallest absolute Gasteiger partial charge is 0.152 e. The van der Waals surface area contributed by atoms with Crippen LogP contribution >= 0.6 is 0 Å². The number of hydrogen-bond acceptors (Lipinski definition) is 6. The van der Waals surface area contributed by atoms with Crippen molar-refractivity contribution in [2.24, 2.45) is 0 Å². The van der Waals surface area contributed by atoms with Crippen molar-refractivity contribution >= 4 is 11.5 Å². The summed E-state index contributed by atoms with van der Waals surface area (Å²) in [4.78, 5) is 9.35. The van der Waals surface area contributed by atoms with Gasteiger partial charge in [0.05, 0.1) is 25.9 Å². The third-order valence-electron chi connectivity index (χ3n) is 6.74. The third-order valence-corrected chi connectivity index (χ3v) is 6.74. The highest BCUT2D eigenvalue weighted by Gasteiger charge is 2.36. The number of nitrogens with zero attached hydrogens (tertiary/aromatic N) is 3. The zero-order valence-electron chi connectivity index (χ0n) is 20.6. The summed E-state index contributed by atoms with van der Waals surface area (Å²) in [5, 5.41) is 11.6. The monoisotopic (exact) mass is 481 g/mol. The molecule has 0 fully saturated rings. The van der Waals surface area contributed by atoms with Crippen LogP contribution in [0.4, 0.5) is 11.5 Å². The topological polar surface area (TPSA) is 58.1 Å². The average molecular weight is 482 g/mol. The van der Waals surface area contributed by atoms with E-state index >= 15 is 0 Å². The molecule has 2 atom stereocenters. The number of benzene rings is 3. The van der Waals surface area contributed by atoms with E-state index in [1.165, 1.54) is 5.56 Å². The largest absolute Gasteiger partial charge is 0.497 e. The summed E-state index contributed by atoms with van der Waals surface area (Å²) in [5.74, 6) is 2.53. The SMILES string of the molecule is COc1ccc(CN2C[C@@H]([C@@H](O)c3ccccc3)N(Cc3ccc(OC)cc3)c3ncccc32)cc1. The Morgan fingerprint density at radius 2 is 1.42 bits per heavy atom. The highest BCUT2D eigenvalue weighted by atomic mass is 16.5. The van der Waals surface area contributed by atoms with Gasteiger partial charge in [-0.2, -0.15) is 0 Å². The molecule has 5 rings (SSSR count). The van der Waals surface area contributed by atoms with Crippen LogP contribution in [-0.4, -0.2) is 36.9 Å². The predicted octanol–water partition coefficient (Wildman–Crippen LogP) is 5.23. The second-order valence-electron chi connectivity index (χ2n) is 8.97. The Morgan fingerprint density at radius 1 is 0.806 bits per heavy atom. The van der Waals surface area contributed by atoms with E-state index in [0.29, 0.717) is 19.6 Å². The van der Waals surface area contributed by atoms with Crippen molar-refractivity contribution in [2.75, 3.05) is 30.6 Å². The van der Waals surface area contributed by atoms with Gasteiger partial charge in [-0.3, -0.25) is 0 Å². The molecule has 0 radical (unpaired) electrons. The molecular formula is C30H31N3O3. The molecule has 36 heavy (non-hydrogen) atoms. The van der Waals surface area contributed by atoms with Gasteiger partial charge >= 0.3 is 0 Å². The first kappa shape index (κ1) is 23.7. The highest BCUT2D eigenvalue weighted by molar-refractivity contribution is 5.70. The van der Waals surface area contributed by atoms with E-state index in [4.69, 9.17) is 14.5 Å². The summed E-state index contributed by atoms with van der Waals surface area (Å²) in [5.41, 5.74) is 4.24. The summed E-state index contributed by atoms with van der Waals surface area (Å²) in [6, 6.07) is 30.0. The Balaban J connectivity index is 1.52. The van der Waals surface area contributed by atoms with E-state index in [1.54, 1.807) is 14.2 Å². The van der Waals surface area contributed by atoms with E-state index in [2.05, 4.69) is 40.1 Å². The van der Waals surface area contributed by atoms with Gasteiger partial charge in [0, 0.05) is 25.8 Å². The molecule has 0 saturated heterocycles. The molecule has 6 heteroatoms. The lowest BCUT2D eigenvalue weighted by Gasteiger charge is -2.45. The summed E-state index contributed by atoms with van der Waals surface area (Å²) >= 11 is 0. The number of aliphatic hydroxyl groups excluding tert-OH is 1. The van der Waals surface area contributed by atoms with Crippen molar-refractivity contribution in [1.29, 1.82) is 0 Å². The normalized spacial score (nSPS) is 15.8. The Bertz CT molecular complexity index is 1260. The van der Waals surface area contributed by atoms with Crippen molar-refractivity contribution in [3.8, 4) is 11.5 Å². The Labute approximate surface area is 212 Å². The second-order valence-corrected chi connectivity index (χ2v) is 8.97. The van der Waals surface area contributed by atoms with Gasteiger partial charge in [0.25, 0.3) is 0 Å². The van der Waals surface area contributed by atoms with Crippen molar-refractivity contribution in [3.05, 3.63) is 114 Å². The van der Waals surface area contributed by atoms with E-state index < -0.39 is 6.10 Å². The molecule has 1 N–H and O–H groups in total. The Kier molecular flexibility index (Phi) is 7.05. The van der Waals surface area contributed by atoms with Crippen molar-refractivity contribution < 1.29 is 14.6 Å². The Hall–Kier alpha value is -4.03. The molecule has 1 aromatic heterocycles. The first-order chi connectivity index (χ1) is 17.7. The summed E-state index contributed by atoms with van der Waals surface area (Å²) in [6.45, 7) is 1.98. The zero-order valence-corrected chi connectivity index (χ0v) is 20.6. The van der Waals surface area contributed by atoms with Gasteiger partial charge in [0.1, 0.15) is 17.6 Å². The van der Waals surface area contributed by atoms with Crippen LogP contribution in [0.25, 0.3) is 0 Å². The number of hydrogen-bond donors (Lipinski definition) is 1. The molecule has 0 amide bonds. The minimum atomic E-state index is -0.682. The van der Waals surface area contributed by atoms with Gasteiger partial charge < -0.3 is 24.4 Å². The molecule has 3 aromatic carbocycles. The number of methoxy groups -OCH3 is 2. The van der Waals surface area contributed by atoms with Crippen LogP contribution in [0, 0.1) is 0 Å². The highest BCUT2D eigenvalue weighted by Crippen LogP contribution is 2.39. The standard InChI is InChI=1S/C30H31N3O3/c1-35-25-14-10-22(11-15-25)19-32-21-28(29(34)24-7-4-3-5-8-24)33(30-27(32)9-6-18-31-30)20-23-12-16-26(36-2)17-13-23/h3-18,28-29,34H,19-21H2,1-2H3/t28-,29-/m0/s1. The maximum absolute atomic E-state index is 11.6. The van der Waals surface area contributed by atoms with Gasteiger partial charge in [0.15, 0.2) is 5.82 Å². The van der Waals surface area contributed by atoms with Crippen molar-refractivity contribution in [3.63, 3.8) is 0 Å². The molecule has 2 heterocycles. The van der Waals surface area contributed by atoms with Gasteiger partial charge in [-0.15, -0.1) is 0 Å². The van der Waals surface area contributed by atoms with Gasteiger partial charge in [0.2, 0.25) is 0 Å². The molecule has 0 unspecified atom stereocenters. The third kappa shape index (κ3) is 4.99. The lowest BCUT2D eigenvalue weighted by atomic mass is 9.96. The fourth-order valence-electron chi connectivity index (χ4n) is 4.80. The van der Waals surface area contributed by atoms with Crippen molar-refractivity contribution in [2.45, 2.75) is 25.2 Å². The minimum Gasteiger partial charge on any atom is -0.497 e. The van der Waals surface area contributed by atoms with E-state index in [-0.39, 0.29) is 6.04 Å². The number of aromatic nitrogens is 1. The first-order valence-corrected chi connectivity index (χ1v) is 12.1. The summed E-state index contributed by atoms with van der Waals surface area (Å²) in [6.07, 6.45) is 1.14. The quantitative estimate of drug-likeness (QED) is 0.372. The van der Waals surface area contributed by atoms with E-state index in [9.17, 15) is 5.11 Å². The fraction of sp³-hybridized carbons (Fsp3) is 0.233. The molecule has 0 saturated carbocycles. The predicted molar refractivity (Wildman–Crippen MR) is 143 cm³/mol. The molecule has 1 aliphatic rings. The fourth-order valence-corrected chi connectivity index (χ4v) is 4.80. The zero-order chi connectivity index (χ0) is 24.9. The summed E-state index contributed by atoms with van der Waals surface area (Å²) in [7, 11) is 3.35. The lowest BCUT2D eigenvalue weighted by molar-refractivity contribution is 0.140. The van der Waals surface area contributed by atoms with Crippen LogP contribution in [-0.2, 0) is 13.1 Å². The molecule has 0 aliphatic carbocycles. The van der Waals surface area contributed by atoms with Gasteiger partial charge in [-0.1, -0.05) is 54.6 Å². The van der Waals surface area contributed by atoms with Gasteiger partial charge in [-0.25, -0.2) is 4.98 Å². The molecule has 6 nitrogen and oxygen atoms in total. The number of pyridine rings is 1.